The molecule has 0 saturated heterocycles. The van der Waals surface area contributed by atoms with Gasteiger partial charge in [-0.2, -0.15) is 0 Å². The number of hydrogen-bond acceptors (Lipinski definition) is 7. The summed E-state index contributed by atoms with van der Waals surface area (Å²) in [5.74, 6) is -1.20. The second-order valence-electron chi connectivity index (χ2n) is 8.19. The van der Waals surface area contributed by atoms with Gasteiger partial charge in [0, 0.05) is 0 Å². The van der Waals surface area contributed by atoms with Crippen molar-refractivity contribution >= 4 is 22.1 Å². The summed E-state index contributed by atoms with van der Waals surface area (Å²) in [4.78, 5) is 24.9. The van der Waals surface area contributed by atoms with E-state index in [1.807, 2.05) is 13.8 Å². The van der Waals surface area contributed by atoms with Crippen LogP contribution in [0.3, 0.4) is 0 Å². The number of esters is 2. The number of hydrogen-bond donors (Lipinski definition) is 0. The summed E-state index contributed by atoms with van der Waals surface area (Å²) in [6, 6.07) is 3.06. The molecule has 0 aliphatic rings. The van der Waals surface area contributed by atoms with Gasteiger partial charge in [0.2, 0.25) is 0 Å². The van der Waals surface area contributed by atoms with E-state index >= 15 is 0 Å². The van der Waals surface area contributed by atoms with Gasteiger partial charge in [-0.1, -0.05) is 66.2 Å². The predicted molar refractivity (Wildman–Crippen MR) is 122 cm³/mol. The number of benzene rings is 1. The van der Waals surface area contributed by atoms with Crippen LogP contribution in [0.25, 0.3) is 0 Å². The van der Waals surface area contributed by atoms with Gasteiger partial charge in [-0.3, -0.25) is 0 Å². The average molecular weight is 493 g/mol. The average Bonchev–Trinajstić information content (AvgIpc) is 2.77. The Morgan fingerprint density at radius 3 is 1.70 bits per heavy atom. The quantitative estimate of drug-likeness (QED) is 0.210. The number of carbonyl (C=O) groups is 2. The molecule has 0 aliphatic carbocycles. The van der Waals surface area contributed by atoms with Gasteiger partial charge in [-0.05, 0) is 42.9 Å². The summed E-state index contributed by atoms with van der Waals surface area (Å²) in [7, 11) is -4.80. The topological polar surface area (TPSA) is 110 Å². The first-order valence-corrected chi connectivity index (χ1v) is 13.0. The van der Waals surface area contributed by atoms with Gasteiger partial charge in [0.25, 0.3) is 0 Å². The Balaban J connectivity index is 0.0000102. The van der Waals surface area contributed by atoms with Crippen LogP contribution in [0.5, 0.6) is 0 Å². The van der Waals surface area contributed by atoms with Crippen LogP contribution in [0.1, 0.15) is 99.8 Å². The van der Waals surface area contributed by atoms with E-state index in [1.165, 1.54) is 0 Å². The maximum atomic E-state index is 12.8. The molecule has 1 aromatic rings. The molecule has 1 rings (SSSR count). The fourth-order valence-corrected chi connectivity index (χ4v) is 3.86. The van der Waals surface area contributed by atoms with Crippen molar-refractivity contribution < 1.29 is 61.6 Å². The first-order valence-electron chi connectivity index (χ1n) is 11.6. The Morgan fingerprint density at radius 1 is 0.848 bits per heavy atom. The van der Waals surface area contributed by atoms with E-state index in [4.69, 9.17) is 9.47 Å². The maximum Gasteiger partial charge on any atom is 1.00 e. The van der Waals surface area contributed by atoms with Crippen LogP contribution in [-0.2, 0) is 19.6 Å². The van der Waals surface area contributed by atoms with Crippen molar-refractivity contribution in [1.29, 1.82) is 0 Å². The molecule has 0 N–H and O–H groups in total. The summed E-state index contributed by atoms with van der Waals surface area (Å²) in [5.41, 5.74) is -0.367. The summed E-state index contributed by atoms with van der Waals surface area (Å²) in [6.45, 7) is 8.57. The standard InChI is InChI=1S/C24H38O7S.Na/c1-5-9-11-18(7-3)16-30-23(25)21-14-13-20(32(27,28)29)15-22(21)24(26)31-17-19(8-4)12-10-6-2;/h13-15,18-19H,5-12,16-17H2,1-4H3,(H,27,28,29);/q;+1/p-1. The first-order chi connectivity index (χ1) is 15.2. The Bertz CT molecular complexity index is 839. The molecule has 0 heterocycles. The SMILES string of the molecule is CCCCC(CC)COC(=O)c1ccc(S(=O)(=O)[O-])cc1C(=O)OCC(CC)CCCC.[Na+]. The van der Waals surface area contributed by atoms with E-state index in [0.717, 1.165) is 69.6 Å². The molecule has 33 heavy (non-hydrogen) atoms. The van der Waals surface area contributed by atoms with Gasteiger partial charge in [0.05, 0.1) is 29.2 Å². The summed E-state index contributed by atoms with van der Waals surface area (Å²) in [5, 5.41) is 0. The Morgan fingerprint density at radius 2 is 1.30 bits per heavy atom. The van der Waals surface area contributed by atoms with Gasteiger partial charge >= 0.3 is 41.5 Å². The van der Waals surface area contributed by atoms with E-state index in [9.17, 15) is 22.6 Å². The van der Waals surface area contributed by atoms with Crippen LogP contribution in [0, 0.1) is 11.8 Å². The van der Waals surface area contributed by atoms with Crippen molar-refractivity contribution in [3.05, 3.63) is 29.3 Å². The predicted octanol–water partition coefficient (Wildman–Crippen LogP) is 2.34. The summed E-state index contributed by atoms with van der Waals surface area (Å²) >= 11 is 0. The normalized spacial score (nSPS) is 13.0. The van der Waals surface area contributed by atoms with E-state index < -0.39 is 27.0 Å². The molecule has 0 amide bonds. The smallest absolute Gasteiger partial charge is 0.744 e. The second kappa shape index (κ2) is 16.7. The minimum absolute atomic E-state index is 0. The van der Waals surface area contributed by atoms with Crippen molar-refractivity contribution in [3.8, 4) is 0 Å². The monoisotopic (exact) mass is 492 g/mol. The molecule has 0 saturated carbocycles. The largest absolute Gasteiger partial charge is 1.00 e. The molecule has 7 nitrogen and oxygen atoms in total. The molecule has 2 atom stereocenters. The van der Waals surface area contributed by atoms with Crippen LogP contribution >= 0.6 is 0 Å². The van der Waals surface area contributed by atoms with E-state index in [1.54, 1.807) is 0 Å². The minimum Gasteiger partial charge on any atom is -0.744 e. The van der Waals surface area contributed by atoms with E-state index in [2.05, 4.69) is 13.8 Å². The molecule has 0 aromatic heterocycles. The Kier molecular flexibility index (Phi) is 16.2. The van der Waals surface area contributed by atoms with Crippen molar-refractivity contribution in [3.63, 3.8) is 0 Å². The third kappa shape index (κ3) is 11.4. The van der Waals surface area contributed by atoms with Gasteiger partial charge in [0.1, 0.15) is 10.1 Å². The van der Waals surface area contributed by atoms with Crippen LogP contribution in [0.2, 0.25) is 0 Å². The molecule has 9 heteroatoms. The molecule has 0 spiro atoms. The number of rotatable bonds is 15. The zero-order valence-corrected chi connectivity index (χ0v) is 23.5. The number of unbranched alkanes of at least 4 members (excludes halogenated alkanes) is 2. The number of ether oxygens (including phenoxy) is 2. The summed E-state index contributed by atoms with van der Waals surface area (Å²) < 4.78 is 45.2. The third-order valence-corrected chi connectivity index (χ3v) is 6.54. The Labute approximate surface area is 221 Å². The molecule has 0 bridgehead atoms. The third-order valence-electron chi connectivity index (χ3n) is 5.71. The van der Waals surface area contributed by atoms with Crippen LogP contribution < -0.4 is 29.6 Å². The molecule has 0 fully saturated rings. The fraction of sp³-hybridized carbons (Fsp3) is 0.667. The maximum absolute atomic E-state index is 12.8. The van der Waals surface area contributed by atoms with Gasteiger partial charge in [-0.15, -0.1) is 0 Å². The van der Waals surface area contributed by atoms with Crippen LogP contribution in [-0.4, -0.2) is 38.1 Å². The zero-order chi connectivity index (χ0) is 24.1. The van der Waals surface area contributed by atoms with Crippen LogP contribution in [0.15, 0.2) is 23.1 Å². The van der Waals surface area contributed by atoms with E-state index in [-0.39, 0.29) is 65.7 Å². The summed E-state index contributed by atoms with van der Waals surface area (Å²) in [6.07, 6.45) is 7.62. The molecule has 2 unspecified atom stereocenters. The Hall–Kier alpha value is -0.930. The molecule has 0 radical (unpaired) electrons. The van der Waals surface area contributed by atoms with Crippen LogP contribution in [0.4, 0.5) is 0 Å². The van der Waals surface area contributed by atoms with Gasteiger partial charge < -0.3 is 14.0 Å². The zero-order valence-electron chi connectivity index (χ0n) is 20.7. The molecular weight excluding hydrogens is 455 g/mol. The van der Waals surface area contributed by atoms with Crippen molar-refractivity contribution in [2.45, 2.75) is 84.0 Å². The van der Waals surface area contributed by atoms with Crippen molar-refractivity contribution in [1.82, 2.24) is 0 Å². The van der Waals surface area contributed by atoms with Gasteiger partial charge in [0.15, 0.2) is 0 Å². The second-order valence-corrected chi connectivity index (χ2v) is 9.57. The minimum atomic E-state index is -4.80. The fourth-order valence-electron chi connectivity index (χ4n) is 3.36. The van der Waals surface area contributed by atoms with Crippen molar-refractivity contribution in [2.24, 2.45) is 11.8 Å². The van der Waals surface area contributed by atoms with Gasteiger partial charge in [-0.25, -0.2) is 18.0 Å². The van der Waals surface area contributed by atoms with Crippen molar-refractivity contribution in [2.75, 3.05) is 13.2 Å². The molecular formula is C24H37NaO7S. The first kappa shape index (κ1) is 32.1. The molecule has 1 aromatic carbocycles. The molecule has 0 aliphatic heterocycles. The van der Waals surface area contributed by atoms with E-state index in [0.29, 0.717) is 0 Å². The molecule has 182 valence electrons. The number of carbonyl (C=O) groups excluding carboxylic acids is 2.